The molecule has 0 radical (unpaired) electrons. The third kappa shape index (κ3) is 18.7. The van der Waals surface area contributed by atoms with E-state index in [9.17, 15) is 8.42 Å². The van der Waals surface area contributed by atoms with Gasteiger partial charge in [-0.1, -0.05) is 83.3 Å². The first-order valence-corrected chi connectivity index (χ1v) is 12.4. The average molecular weight is 407 g/mol. The van der Waals surface area contributed by atoms with Gasteiger partial charge in [-0.2, -0.15) is 8.42 Å². The summed E-state index contributed by atoms with van der Waals surface area (Å²) in [4.78, 5) is 0. The van der Waals surface area contributed by atoms with Crippen LogP contribution in [0.1, 0.15) is 110 Å². The van der Waals surface area contributed by atoms with E-state index in [1.165, 1.54) is 57.8 Å². The van der Waals surface area contributed by atoms with Crippen LogP contribution in [0.5, 0.6) is 0 Å². The van der Waals surface area contributed by atoms with Crippen molar-refractivity contribution < 1.29 is 23.2 Å². The van der Waals surface area contributed by atoms with Gasteiger partial charge < -0.3 is 10.2 Å². The van der Waals surface area contributed by atoms with Gasteiger partial charge in [-0.15, -0.1) is 0 Å². The van der Waals surface area contributed by atoms with Gasteiger partial charge in [0.15, 0.2) is 6.29 Å². The quantitative estimate of drug-likeness (QED) is 0.116. The number of hydrogen-bond acceptors (Lipinski definition) is 4. The fraction of sp³-hybridized carbons (Fsp3) is 0.905. The van der Waals surface area contributed by atoms with Gasteiger partial charge in [-0.05, 0) is 32.1 Å². The molecule has 0 spiro atoms. The average Bonchev–Trinajstić information content (AvgIpc) is 2.59. The molecule has 0 saturated heterocycles. The number of aliphatic hydroxyl groups excluding tert-OH is 1. The maximum absolute atomic E-state index is 11.2. The highest BCUT2D eigenvalue weighted by Gasteiger charge is 2.24. The SMILES string of the molecule is CCCCCCCC/C=C\CCCCCCCCC(CC(O)O)S(=O)(=O)O. The van der Waals surface area contributed by atoms with Crippen LogP contribution in [0.3, 0.4) is 0 Å². The van der Waals surface area contributed by atoms with Gasteiger partial charge in [0, 0.05) is 6.42 Å². The summed E-state index contributed by atoms with van der Waals surface area (Å²) in [5, 5.41) is 16.7. The highest BCUT2D eigenvalue weighted by atomic mass is 32.2. The molecule has 0 heterocycles. The van der Waals surface area contributed by atoms with Crippen molar-refractivity contribution in [2.24, 2.45) is 0 Å². The molecule has 0 fully saturated rings. The molecule has 0 aromatic carbocycles. The van der Waals surface area contributed by atoms with E-state index in [1.807, 2.05) is 0 Å². The Morgan fingerprint density at radius 1 is 0.741 bits per heavy atom. The Kier molecular flexibility index (Phi) is 17.4. The minimum Gasteiger partial charge on any atom is -0.368 e. The lowest BCUT2D eigenvalue weighted by atomic mass is 10.1. The maximum atomic E-state index is 11.2. The van der Waals surface area contributed by atoms with Crippen molar-refractivity contribution in [1.29, 1.82) is 0 Å². The summed E-state index contributed by atoms with van der Waals surface area (Å²) in [5.74, 6) is 0. The lowest BCUT2D eigenvalue weighted by molar-refractivity contribution is -0.0462. The van der Waals surface area contributed by atoms with Gasteiger partial charge in [-0.25, -0.2) is 0 Å². The summed E-state index contributed by atoms with van der Waals surface area (Å²) in [5.41, 5.74) is 0. The summed E-state index contributed by atoms with van der Waals surface area (Å²) >= 11 is 0. The van der Waals surface area contributed by atoms with Crippen molar-refractivity contribution in [3.05, 3.63) is 12.2 Å². The van der Waals surface area contributed by atoms with Crippen LogP contribution in [0.4, 0.5) is 0 Å². The zero-order chi connectivity index (χ0) is 20.4. The van der Waals surface area contributed by atoms with Crippen molar-refractivity contribution in [1.82, 2.24) is 0 Å². The van der Waals surface area contributed by atoms with Crippen LogP contribution < -0.4 is 0 Å². The van der Waals surface area contributed by atoms with Crippen molar-refractivity contribution in [2.45, 2.75) is 121 Å². The van der Waals surface area contributed by atoms with Crippen molar-refractivity contribution in [3.63, 3.8) is 0 Å². The Bertz CT molecular complexity index is 445. The normalized spacial score (nSPS) is 13.7. The molecule has 0 aromatic rings. The molecule has 0 aliphatic rings. The highest BCUT2D eigenvalue weighted by molar-refractivity contribution is 7.86. The van der Waals surface area contributed by atoms with Crippen molar-refractivity contribution in [3.8, 4) is 0 Å². The molecule has 0 saturated carbocycles. The van der Waals surface area contributed by atoms with Gasteiger partial charge in [-0.3, -0.25) is 4.55 Å². The third-order valence-electron chi connectivity index (χ3n) is 4.93. The zero-order valence-corrected chi connectivity index (χ0v) is 18.0. The number of rotatable bonds is 19. The van der Waals surface area contributed by atoms with E-state index in [1.54, 1.807) is 0 Å². The van der Waals surface area contributed by atoms with Gasteiger partial charge in [0.1, 0.15) is 0 Å². The number of hydrogen-bond donors (Lipinski definition) is 3. The smallest absolute Gasteiger partial charge is 0.267 e. The van der Waals surface area contributed by atoms with E-state index in [0.717, 1.165) is 25.7 Å². The van der Waals surface area contributed by atoms with Gasteiger partial charge in [0.2, 0.25) is 0 Å². The summed E-state index contributed by atoms with van der Waals surface area (Å²) in [6.45, 7) is 2.24. The van der Waals surface area contributed by atoms with Crippen LogP contribution >= 0.6 is 0 Å². The molecule has 3 N–H and O–H groups in total. The molecule has 6 heteroatoms. The predicted octanol–water partition coefficient (Wildman–Crippen LogP) is 5.37. The molecule has 162 valence electrons. The van der Waals surface area contributed by atoms with Crippen LogP contribution in [0.25, 0.3) is 0 Å². The first-order valence-electron chi connectivity index (χ1n) is 10.8. The molecule has 0 aliphatic carbocycles. The summed E-state index contributed by atoms with van der Waals surface area (Å²) in [7, 11) is -4.21. The topological polar surface area (TPSA) is 94.8 Å². The van der Waals surface area contributed by atoms with E-state index in [2.05, 4.69) is 19.1 Å². The minimum atomic E-state index is -4.21. The molecule has 0 aromatic heterocycles. The minimum absolute atomic E-state index is 0.275. The molecule has 0 bridgehead atoms. The van der Waals surface area contributed by atoms with E-state index in [-0.39, 0.29) is 12.8 Å². The molecule has 1 unspecified atom stereocenters. The summed E-state index contributed by atoms with van der Waals surface area (Å²) in [6, 6.07) is 0. The Morgan fingerprint density at radius 2 is 1.19 bits per heavy atom. The number of aliphatic hydroxyl groups is 2. The molecular weight excluding hydrogens is 364 g/mol. The monoisotopic (exact) mass is 406 g/mol. The third-order valence-corrected chi connectivity index (χ3v) is 6.20. The Morgan fingerprint density at radius 3 is 1.63 bits per heavy atom. The van der Waals surface area contributed by atoms with E-state index < -0.39 is 21.7 Å². The molecule has 27 heavy (non-hydrogen) atoms. The Hall–Kier alpha value is -0.430. The first kappa shape index (κ1) is 26.6. The largest absolute Gasteiger partial charge is 0.368 e. The predicted molar refractivity (Wildman–Crippen MR) is 112 cm³/mol. The number of allylic oxidation sites excluding steroid dienone is 2. The lowest BCUT2D eigenvalue weighted by Gasteiger charge is -2.14. The van der Waals surface area contributed by atoms with Crippen LogP contribution in [-0.4, -0.2) is 34.7 Å². The van der Waals surface area contributed by atoms with Crippen LogP contribution in [0.2, 0.25) is 0 Å². The Balaban J connectivity index is 3.47. The zero-order valence-electron chi connectivity index (χ0n) is 17.2. The van der Waals surface area contributed by atoms with Crippen molar-refractivity contribution >= 4 is 10.1 Å². The molecular formula is C21H42O5S. The molecule has 0 rings (SSSR count). The summed E-state index contributed by atoms with van der Waals surface area (Å²) in [6.07, 6.45) is 19.4. The molecule has 0 aliphatic heterocycles. The van der Waals surface area contributed by atoms with Gasteiger partial charge >= 0.3 is 0 Å². The van der Waals surface area contributed by atoms with Gasteiger partial charge in [0.05, 0.1) is 5.25 Å². The van der Waals surface area contributed by atoms with E-state index in [0.29, 0.717) is 6.42 Å². The van der Waals surface area contributed by atoms with Gasteiger partial charge in [0.25, 0.3) is 10.1 Å². The molecule has 0 amide bonds. The van der Waals surface area contributed by atoms with Crippen LogP contribution in [0, 0.1) is 0 Å². The fourth-order valence-corrected chi connectivity index (χ4v) is 4.12. The second-order valence-electron chi connectivity index (χ2n) is 7.58. The first-order chi connectivity index (χ1) is 12.9. The van der Waals surface area contributed by atoms with E-state index in [4.69, 9.17) is 14.8 Å². The second-order valence-corrected chi connectivity index (χ2v) is 9.28. The van der Waals surface area contributed by atoms with E-state index >= 15 is 0 Å². The summed E-state index contributed by atoms with van der Waals surface area (Å²) < 4.78 is 31.5. The lowest BCUT2D eigenvalue weighted by Crippen LogP contribution is -2.25. The number of unbranched alkanes of at least 4 members (excludes halogenated alkanes) is 12. The molecule has 1 atom stereocenters. The standard InChI is InChI=1S/C21H42O5S/c1-2-3-4-5-6-7-8-9-10-11-12-13-14-15-16-17-18-20(19-21(22)23)27(24,25)26/h9-10,20-23H,2-8,11-19H2,1H3,(H,24,25,26)/b10-9-. The Labute approximate surface area is 167 Å². The van der Waals surface area contributed by atoms with Crippen LogP contribution in [0.15, 0.2) is 12.2 Å². The van der Waals surface area contributed by atoms with Crippen molar-refractivity contribution in [2.75, 3.05) is 0 Å². The second kappa shape index (κ2) is 17.7. The molecule has 5 nitrogen and oxygen atoms in total. The maximum Gasteiger partial charge on any atom is 0.267 e. The highest BCUT2D eigenvalue weighted by Crippen LogP contribution is 2.17. The fourth-order valence-electron chi connectivity index (χ4n) is 3.24. The van der Waals surface area contributed by atoms with Crippen LogP contribution in [-0.2, 0) is 10.1 Å².